The predicted molar refractivity (Wildman–Crippen MR) is 95.7 cm³/mol. The number of rotatable bonds is 5. The maximum atomic E-state index is 13.3. The van der Waals surface area contributed by atoms with E-state index < -0.39 is 0 Å². The fourth-order valence-electron chi connectivity index (χ4n) is 3.24. The molecule has 4 rings (SSSR count). The Morgan fingerprint density at radius 3 is 2.65 bits per heavy atom. The summed E-state index contributed by atoms with van der Waals surface area (Å²) < 4.78 is 11.1. The van der Waals surface area contributed by atoms with Gasteiger partial charge < -0.3 is 19.2 Å². The van der Waals surface area contributed by atoms with E-state index in [2.05, 4.69) is 0 Å². The monoisotopic (exact) mass is 349 g/mol. The fourth-order valence-corrected chi connectivity index (χ4v) is 3.24. The normalized spacial score (nSPS) is 15.3. The fraction of sp³-hybridized carbons (Fsp3) is 0.190. The van der Waals surface area contributed by atoms with Crippen LogP contribution in [0.2, 0.25) is 0 Å². The molecule has 0 bridgehead atoms. The van der Waals surface area contributed by atoms with E-state index in [-0.39, 0.29) is 17.6 Å². The summed E-state index contributed by atoms with van der Waals surface area (Å²) in [5, 5.41) is 10.1. The molecule has 132 valence electrons. The lowest BCUT2D eigenvalue weighted by Crippen LogP contribution is -2.35. The summed E-state index contributed by atoms with van der Waals surface area (Å²) >= 11 is 0. The Bertz CT molecular complexity index is 904. The lowest BCUT2D eigenvalue weighted by Gasteiger charge is -2.25. The average Bonchev–Trinajstić information content (AvgIpc) is 3.32. The van der Waals surface area contributed by atoms with Gasteiger partial charge in [-0.3, -0.25) is 4.79 Å². The van der Waals surface area contributed by atoms with Crippen LogP contribution in [0.3, 0.4) is 0 Å². The highest BCUT2D eigenvalue weighted by atomic mass is 16.5. The van der Waals surface area contributed by atoms with E-state index in [1.54, 1.807) is 29.4 Å². The Morgan fingerprint density at radius 1 is 1.04 bits per heavy atom. The number of amides is 1. The van der Waals surface area contributed by atoms with Crippen LogP contribution in [-0.4, -0.2) is 22.5 Å². The first-order valence-corrected chi connectivity index (χ1v) is 8.52. The van der Waals surface area contributed by atoms with Gasteiger partial charge in [-0.15, -0.1) is 0 Å². The average molecular weight is 349 g/mol. The molecule has 0 saturated carbocycles. The third-order valence-corrected chi connectivity index (χ3v) is 4.59. The Morgan fingerprint density at radius 2 is 1.85 bits per heavy atom. The van der Waals surface area contributed by atoms with Crippen molar-refractivity contribution in [3.8, 4) is 11.5 Å². The number of ether oxygens (including phenoxy) is 1. The van der Waals surface area contributed by atoms with Gasteiger partial charge in [-0.25, -0.2) is 0 Å². The maximum Gasteiger partial charge on any atom is 0.234 e. The van der Waals surface area contributed by atoms with E-state index in [1.807, 2.05) is 42.5 Å². The highest BCUT2D eigenvalue weighted by Crippen LogP contribution is 2.35. The summed E-state index contributed by atoms with van der Waals surface area (Å²) in [5.41, 5.74) is 1.60. The molecular weight excluding hydrogens is 330 g/mol. The van der Waals surface area contributed by atoms with Crippen molar-refractivity contribution >= 4 is 5.91 Å². The van der Waals surface area contributed by atoms with Gasteiger partial charge >= 0.3 is 0 Å². The molecule has 1 aliphatic heterocycles. The molecule has 1 atom stereocenters. The first kappa shape index (κ1) is 16.3. The first-order chi connectivity index (χ1) is 12.7. The van der Waals surface area contributed by atoms with Crippen molar-refractivity contribution in [2.75, 3.05) is 6.61 Å². The summed E-state index contributed by atoms with van der Waals surface area (Å²) in [6.07, 6.45) is 1.59. The number of para-hydroxylation sites is 2. The highest BCUT2D eigenvalue weighted by molar-refractivity contribution is 5.85. The molecule has 1 aliphatic rings. The molecule has 1 unspecified atom stereocenters. The second kappa shape index (κ2) is 6.96. The highest BCUT2D eigenvalue weighted by Gasteiger charge is 2.33. The topological polar surface area (TPSA) is 62.9 Å². The summed E-state index contributed by atoms with van der Waals surface area (Å²) in [7, 11) is 0. The summed E-state index contributed by atoms with van der Waals surface area (Å²) in [5.74, 6) is 1.22. The van der Waals surface area contributed by atoms with Gasteiger partial charge in [0.15, 0.2) is 0 Å². The van der Waals surface area contributed by atoms with Crippen LogP contribution in [0.15, 0.2) is 71.3 Å². The van der Waals surface area contributed by atoms with Gasteiger partial charge in [-0.05, 0) is 24.3 Å². The van der Waals surface area contributed by atoms with E-state index in [1.165, 1.54) is 0 Å². The van der Waals surface area contributed by atoms with Crippen LogP contribution in [0.25, 0.3) is 0 Å². The minimum absolute atomic E-state index is 0.0467. The van der Waals surface area contributed by atoms with Crippen LogP contribution in [0.5, 0.6) is 11.5 Å². The number of nitrogens with zero attached hydrogens (tertiary/aromatic N) is 1. The molecule has 1 amide bonds. The molecule has 0 fully saturated rings. The van der Waals surface area contributed by atoms with E-state index in [0.29, 0.717) is 31.0 Å². The van der Waals surface area contributed by atoms with Gasteiger partial charge in [-0.1, -0.05) is 36.4 Å². The molecule has 0 saturated heterocycles. The van der Waals surface area contributed by atoms with Gasteiger partial charge in [0.1, 0.15) is 29.8 Å². The minimum Gasteiger partial charge on any atom is -0.508 e. The van der Waals surface area contributed by atoms with Crippen LogP contribution < -0.4 is 4.74 Å². The second-order valence-electron chi connectivity index (χ2n) is 6.30. The Kier molecular flexibility index (Phi) is 4.35. The number of hydrogen-bond donors (Lipinski definition) is 1. The zero-order valence-electron chi connectivity index (χ0n) is 14.2. The maximum absolute atomic E-state index is 13.3. The van der Waals surface area contributed by atoms with Crippen molar-refractivity contribution in [2.45, 2.75) is 19.0 Å². The molecule has 1 aromatic heterocycles. The van der Waals surface area contributed by atoms with Crippen LogP contribution in [-0.2, 0) is 17.9 Å². The smallest absolute Gasteiger partial charge is 0.234 e. The number of aromatic hydroxyl groups is 1. The number of carbonyl (C=O) groups is 1. The third-order valence-electron chi connectivity index (χ3n) is 4.59. The molecule has 2 heterocycles. The second-order valence-corrected chi connectivity index (χ2v) is 6.30. The number of fused-ring (bicyclic) bond motifs is 1. The van der Waals surface area contributed by atoms with Gasteiger partial charge in [0, 0.05) is 17.7 Å². The molecule has 1 N–H and O–H groups in total. The minimum atomic E-state index is -0.355. The quantitative estimate of drug-likeness (QED) is 0.763. The molecule has 5 heteroatoms. The lowest BCUT2D eigenvalue weighted by atomic mass is 9.99. The summed E-state index contributed by atoms with van der Waals surface area (Å²) in [6, 6.07) is 18.3. The van der Waals surface area contributed by atoms with Gasteiger partial charge in [0.05, 0.1) is 12.8 Å². The SMILES string of the molecule is O=C(C1COc2ccccc21)N(Cc1ccco1)Cc1ccccc1O. The largest absolute Gasteiger partial charge is 0.508 e. The van der Waals surface area contributed by atoms with Crippen LogP contribution >= 0.6 is 0 Å². The van der Waals surface area contributed by atoms with Crippen molar-refractivity contribution < 1.29 is 19.1 Å². The van der Waals surface area contributed by atoms with Crippen molar-refractivity contribution in [1.82, 2.24) is 4.90 Å². The van der Waals surface area contributed by atoms with E-state index in [9.17, 15) is 9.90 Å². The van der Waals surface area contributed by atoms with Gasteiger partial charge in [0.25, 0.3) is 0 Å². The molecule has 5 nitrogen and oxygen atoms in total. The Hall–Kier alpha value is -3.21. The van der Waals surface area contributed by atoms with Crippen molar-refractivity contribution in [2.24, 2.45) is 0 Å². The summed E-state index contributed by atoms with van der Waals surface area (Å²) in [6.45, 7) is 0.956. The van der Waals surface area contributed by atoms with Gasteiger partial charge in [-0.2, -0.15) is 0 Å². The van der Waals surface area contributed by atoms with Crippen LogP contribution in [0, 0.1) is 0 Å². The molecular formula is C21H19NO4. The molecule has 0 aliphatic carbocycles. The van der Waals surface area contributed by atoms with E-state index in [0.717, 1.165) is 11.3 Å². The van der Waals surface area contributed by atoms with Crippen LogP contribution in [0.1, 0.15) is 22.8 Å². The zero-order chi connectivity index (χ0) is 17.9. The third kappa shape index (κ3) is 3.16. The number of hydrogen-bond acceptors (Lipinski definition) is 4. The van der Waals surface area contributed by atoms with Crippen LogP contribution in [0.4, 0.5) is 0 Å². The zero-order valence-corrected chi connectivity index (χ0v) is 14.2. The number of carbonyl (C=O) groups excluding carboxylic acids is 1. The molecule has 0 radical (unpaired) electrons. The lowest BCUT2D eigenvalue weighted by molar-refractivity contribution is -0.134. The summed E-state index contributed by atoms with van der Waals surface area (Å²) in [4.78, 5) is 15.0. The van der Waals surface area contributed by atoms with Gasteiger partial charge in [0.2, 0.25) is 5.91 Å². The molecule has 26 heavy (non-hydrogen) atoms. The van der Waals surface area contributed by atoms with E-state index in [4.69, 9.17) is 9.15 Å². The van der Waals surface area contributed by atoms with Crippen molar-refractivity contribution in [3.63, 3.8) is 0 Å². The molecule has 3 aromatic rings. The molecule has 0 spiro atoms. The van der Waals surface area contributed by atoms with E-state index >= 15 is 0 Å². The Labute approximate surface area is 151 Å². The van der Waals surface area contributed by atoms with Crippen molar-refractivity contribution in [1.29, 1.82) is 0 Å². The molecule has 2 aromatic carbocycles. The number of furan rings is 1. The number of phenols is 1. The first-order valence-electron chi connectivity index (χ1n) is 8.52. The predicted octanol–water partition coefficient (Wildman–Crippen LogP) is 3.69. The standard InChI is InChI=1S/C21H19NO4/c23-19-9-3-1-6-15(19)12-22(13-16-7-5-11-25-16)21(24)18-14-26-20-10-4-2-8-17(18)20/h1-11,18,23H,12-14H2. The number of phenolic OH excluding ortho intramolecular Hbond substituents is 1. The Balaban J connectivity index is 1.62. The number of benzene rings is 2. The van der Waals surface area contributed by atoms with Crippen molar-refractivity contribution in [3.05, 3.63) is 83.8 Å².